The Balaban J connectivity index is 1.58. The van der Waals surface area contributed by atoms with E-state index < -0.39 is 5.97 Å². The Hall–Kier alpha value is -2.78. The molecule has 8 heteroatoms. The second-order valence-electron chi connectivity index (χ2n) is 6.26. The van der Waals surface area contributed by atoms with Crippen LogP contribution in [0.25, 0.3) is 6.08 Å². The Kier molecular flexibility index (Phi) is 6.10. The SMILES string of the molecule is COc1cc(/C=C2\N=C(c3ccco3)OC2=O)cc(Cl)c1OCc1ccc(I)cc1. The highest BCUT2D eigenvalue weighted by atomic mass is 127. The summed E-state index contributed by atoms with van der Waals surface area (Å²) in [7, 11) is 1.53. The molecule has 0 atom stereocenters. The van der Waals surface area contributed by atoms with Crippen LogP contribution >= 0.6 is 34.2 Å². The molecular weight excluding hydrogens is 521 g/mol. The van der Waals surface area contributed by atoms with Crippen LogP contribution in [-0.2, 0) is 16.1 Å². The Labute approximate surface area is 191 Å². The highest BCUT2D eigenvalue weighted by Crippen LogP contribution is 2.38. The van der Waals surface area contributed by atoms with Gasteiger partial charge in [-0.15, -0.1) is 0 Å². The van der Waals surface area contributed by atoms with Gasteiger partial charge in [-0.1, -0.05) is 23.7 Å². The Bertz CT molecular complexity index is 1140. The van der Waals surface area contributed by atoms with Gasteiger partial charge in [0.2, 0.25) is 0 Å². The molecule has 1 aliphatic heterocycles. The quantitative estimate of drug-likeness (QED) is 0.238. The molecule has 0 radical (unpaired) electrons. The summed E-state index contributed by atoms with van der Waals surface area (Å²) < 4.78 is 22.8. The van der Waals surface area contributed by atoms with Crippen molar-refractivity contribution in [2.45, 2.75) is 6.61 Å². The number of hydrogen-bond donors (Lipinski definition) is 0. The van der Waals surface area contributed by atoms with E-state index in [4.69, 9.17) is 30.2 Å². The number of esters is 1. The van der Waals surface area contributed by atoms with Gasteiger partial charge in [0.05, 0.1) is 18.4 Å². The van der Waals surface area contributed by atoms with E-state index in [-0.39, 0.29) is 11.6 Å². The van der Waals surface area contributed by atoms with Crippen molar-refractivity contribution in [3.8, 4) is 11.5 Å². The van der Waals surface area contributed by atoms with Crippen molar-refractivity contribution in [2.24, 2.45) is 4.99 Å². The molecule has 0 unspecified atom stereocenters. The van der Waals surface area contributed by atoms with Gasteiger partial charge in [-0.05, 0) is 76.2 Å². The number of aliphatic imine (C=N–C) groups is 1. The van der Waals surface area contributed by atoms with Gasteiger partial charge in [0.1, 0.15) is 6.61 Å². The molecule has 2 heterocycles. The summed E-state index contributed by atoms with van der Waals surface area (Å²) >= 11 is 8.68. The van der Waals surface area contributed by atoms with Gasteiger partial charge in [0.25, 0.3) is 5.90 Å². The predicted octanol–water partition coefficient (Wildman–Crippen LogP) is 5.47. The monoisotopic (exact) mass is 535 g/mol. The van der Waals surface area contributed by atoms with E-state index in [1.807, 2.05) is 24.3 Å². The summed E-state index contributed by atoms with van der Waals surface area (Å²) in [5.41, 5.74) is 1.76. The fourth-order valence-electron chi connectivity index (χ4n) is 2.77. The van der Waals surface area contributed by atoms with E-state index in [0.717, 1.165) is 9.13 Å². The largest absolute Gasteiger partial charge is 0.493 e. The number of carbonyl (C=O) groups excluding carboxylic acids is 1. The summed E-state index contributed by atoms with van der Waals surface area (Å²) in [6.07, 6.45) is 3.04. The van der Waals surface area contributed by atoms with Crippen LogP contribution in [0.15, 0.2) is 69.9 Å². The van der Waals surface area contributed by atoms with Crippen molar-refractivity contribution in [1.82, 2.24) is 0 Å². The van der Waals surface area contributed by atoms with Crippen LogP contribution in [0.2, 0.25) is 5.02 Å². The number of nitrogens with zero attached hydrogens (tertiary/aromatic N) is 1. The van der Waals surface area contributed by atoms with Crippen molar-refractivity contribution in [2.75, 3.05) is 7.11 Å². The molecule has 0 aliphatic carbocycles. The van der Waals surface area contributed by atoms with E-state index in [0.29, 0.717) is 34.5 Å². The molecule has 1 aromatic heterocycles. The molecular formula is C22H15ClINO5. The van der Waals surface area contributed by atoms with Crippen LogP contribution in [0.3, 0.4) is 0 Å². The van der Waals surface area contributed by atoms with Gasteiger partial charge < -0.3 is 18.6 Å². The third kappa shape index (κ3) is 4.52. The number of ether oxygens (including phenoxy) is 3. The third-order valence-electron chi connectivity index (χ3n) is 4.20. The van der Waals surface area contributed by atoms with E-state index >= 15 is 0 Å². The first kappa shape index (κ1) is 20.5. The Morgan fingerprint density at radius 2 is 2.00 bits per heavy atom. The van der Waals surface area contributed by atoms with Crippen molar-refractivity contribution >= 4 is 52.1 Å². The number of cyclic esters (lactones) is 1. The van der Waals surface area contributed by atoms with Crippen molar-refractivity contribution in [1.29, 1.82) is 0 Å². The summed E-state index contributed by atoms with van der Waals surface area (Å²) in [4.78, 5) is 16.3. The predicted molar refractivity (Wildman–Crippen MR) is 121 cm³/mol. The van der Waals surface area contributed by atoms with Crippen LogP contribution in [0, 0.1) is 3.57 Å². The molecule has 0 saturated heterocycles. The lowest BCUT2D eigenvalue weighted by Gasteiger charge is -2.13. The van der Waals surface area contributed by atoms with Gasteiger partial charge in [-0.2, -0.15) is 0 Å². The van der Waals surface area contributed by atoms with Crippen molar-refractivity contribution in [3.63, 3.8) is 0 Å². The zero-order chi connectivity index (χ0) is 21.1. The normalized spacial score (nSPS) is 14.6. The highest BCUT2D eigenvalue weighted by Gasteiger charge is 2.26. The maximum atomic E-state index is 12.1. The Morgan fingerprint density at radius 1 is 1.20 bits per heavy atom. The van der Waals surface area contributed by atoms with Gasteiger partial charge in [0.15, 0.2) is 23.0 Å². The smallest absolute Gasteiger partial charge is 0.363 e. The van der Waals surface area contributed by atoms with Crippen molar-refractivity contribution < 1.29 is 23.4 Å². The molecule has 6 nitrogen and oxygen atoms in total. The average Bonchev–Trinajstić information content (AvgIpc) is 3.38. The molecule has 0 fully saturated rings. The molecule has 0 amide bonds. The minimum Gasteiger partial charge on any atom is -0.493 e. The topological polar surface area (TPSA) is 70.3 Å². The number of halogens is 2. The zero-order valence-electron chi connectivity index (χ0n) is 15.7. The molecule has 0 N–H and O–H groups in total. The number of carbonyl (C=O) groups is 1. The number of methoxy groups -OCH3 is 1. The first-order valence-corrected chi connectivity index (χ1v) is 10.3. The van der Waals surface area contributed by atoms with E-state index in [9.17, 15) is 4.79 Å². The lowest BCUT2D eigenvalue weighted by atomic mass is 10.1. The summed E-state index contributed by atoms with van der Waals surface area (Å²) in [6.45, 7) is 0.344. The van der Waals surface area contributed by atoms with Crippen LogP contribution in [0.1, 0.15) is 16.9 Å². The highest BCUT2D eigenvalue weighted by molar-refractivity contribution is 14.1. The van der Waals surface area contributed by atoms with Crippen LogP contribution in [0.5, 0.6) is 11.5 Å². The molecule has 0 bridgehead atoms. The first-order valence-electron chi connectivity index (χ1n) is 8.84. The summed E-state index contributed by atoms with van der Waals surface area (Å²) in [5.74, 6) is 0.791. The minimum atomic E-state index is -0.574. The molecule has 0 spiro atoms. The number of benzene rings is 2. The Morgan fingerprint density at radius 3 is 2.70 bits per heavy atom. The van der Waals surface area contributed by atoms with Crippen LogP contribution < -0.4 is 9.47 Å². The molecule has 0 saturated carbocycles. The third-order valence-corrected chi connectivity index (χ3v) is 5.20. The van der Waals surface area contributed by atoms with Crippen LogP contribution in [-0.4, -0.2) is 19.0 Å². The summed E-state index contributed by atoms with van der Waals surface area (Å²) in [6, 6.07) is 14.7. The van der Waals surface area contributed by atoms with E-state index in [1.165, 1.54) is 13.4 Å². The van der Waals surface area contributed by atoms with Gasteiger partial charge in [-0.3, -0.25) is 0 Å². The molecule has 2 aromatic carbocycles. The lowest BCUT2D eigenvalue weighted by molar-refractivity contribution is -0.130. The second kappa shape index (κ2) is 8.93. The molecule has 30 heavy (non-hydrogen) atoms. The fraction of sp³-hybridized carbons (Fsp3) is 0.0909. The van der Waals surface area contributed by atoms with E-state index in [1.54, 1.807) is 30.3 Å². The second-order valence-corrected chi connectivity index (χ2v) is 7.92. The minimum absolute atomic E-state index is 0.117. The fourth-order valence-corrected chi connectivity index (χ4v) is 3.41. The molecule has 152 valence electrons. The molecule has 1 aliphatic rings. The molecule has 4 rings (SSSR count). The van der Waals surface area contributed by atoms with Gasteiger partial charge >= 0.3 is 5.97 Å². The number of furan rings is 1. The lowest BCUT2D eigenvalue weighted by Crippen LogP contribution is -2.04. The van der Waals surface area contributed by atoms with Gasteiger partial charge in [-0.25, -0.2) is 9.79 Å². The van der Waals surface area contributed by atoms with Gasteiger partial charge in [0, 0.05) is 3.57 Å². The average molecular weight is 536 g/mol. The van der Waals surface area contributed by atoms with Crippen molar-refractivity contribution in [3.05, 3.63) is 86.0 Å². The molecule has 3 aromatic rings. The summed E-state index contributed by atoms with van der Waals surface area (Å²) in [5, 5.41) is 0.355. The maximum Gasteiger partial charge on any atom is 0.363 e. The van der Waals surface area contributed by atoms with E-state index in [2.05, 4.69) is 27.6 Å². The maximum absolute atomic E-state index is 12.1. The zero-order valence-corrected chi connectivity index (χ0v) is 18.6. The van der Waals surface area contributed by atoms with Crippen LogP contribution in [0.4, 0.5) is 0 Å². The standard InChI is InChI=1S/C22H15ClINO5/c1-27-19-11-14(10-17-22(26)30-21(25-17)18-3-2-8-28-18)9-16(23)20(19)29-12-13-4-6-15(24)7-5-13/h2-11H,12H2,1H3/b17-10-. The number of hydrogen-bond acceptors (Lipinski definition) is 6. The number of rotatable bonds is 6. The first-order chi connectivity index (χ1) is 14.5.